The van der Waals surface area contributed by atoms with Crippen molar-refractivity contribution in [2.24, 2.45) is 0 Å². The van der Waals surface area contributed by atoms with Crippen molar-refractivity contribution in [1.29, 1.82) is 0 Å². The summed E-state index contributed by atoms with van der Waals surface area (Å²) in [6.45, 7) is 2.14. The van der Waals surface area contributed by atoms with Gasteiger partial charge < -0.3 is 9.47 Å². The molecule has 0 aliphatic rings. The Labute approximate surface area is 196 Å². The minimum absolute atomic E-state index is 0.185. The fourth-order valence-corrected chi connectivity index (χ4v) is 4.51. The van der Waals surface area contributed by atoms with Gasteiger partial charge in [-0.1, -0.05) is 0 Å². The number of aromatic nitrogens is 5. The molecular weight excluding hydrogens is 438 g/mol. The van der Waals surface area contributed by atoms with E-state index in [0.717, 1.165) is 52.3 Å². The zero-order valence-corrected chi connectivity index (χ0v) is 19.4. The fraction of sp³-hybridized carbons (Fsp3) is 0.333. The Morgan fingerprint density at radius 2 is 1.88 bits per heavy atom. The van der Waals surface area contributed by atoms with Crippen molar-refractivity contribution in [3.63, 3.8) is 0 Å². The van der Waals surface area contributed by atoms with Gasteiger partial charge in [-0.05, 0) is 56.0 Å². The molecule has 4 aromatic heterocycles. The molecule has 1 unspecified atom stereocenters. The Morgan fingerprint density at radius 3 is 2.67 bits per heavy atom. The van der Waals surface area contributed by atoms with Gasteiger partial charge in [-0.25, -0.2) is 24.9 Å². The number of thiazole rings is 1. The highest BCUT2D eigenvalue weighted by molar-refractivity contribution is 7.09. The molecule has 1 atom stereocenters. The first kappa shape index (κ1) is 22.7. The fourth-order valence-electron chi connectivity index (χ4n) is 3.53. The first-order chi connectivity index (χ1) is 16.2. The summed E-state index contributed by atoms with van der Waals surface area (Å²) in [6, 6.07) is 8.32. The van der Waals surface area contributed by atoms with E-state index in [1.165, 1.54) is 18.4 Å². The van der Waals surface area contributed by atoms with E-state index in [1.54, 1.807) is 25.5 Å². The van der Waals surface area contributed by atoms with Crippen LogP contribution in [0.2, 0.25) is 0 Å². The summed E-state index contributed by atoms with van der Waals surface area (Å²) in [4.78, 5) is 34.4. The van der Waals surface area contributed by atoms with Crippen LogP contribution in [0, 0.1) is 0 Å². The van der Waals surface area contributed by atoms with Crippen molar-refractivity contribution in [2.45, 2.75) is 38.5 Å². The first-order valence-electron chi connectivity index (χ1n) is 10.8. The topological polar surface area (TPSA) is 100.0 Å². The molecule has 4 rings (SSSR count). The Balaban J connectivity index is 1.43. The predicted octanol–water partition coefficient (Wildman–Crippen LogP) is 4.15. The number of rotatable bonds is 10. The third kappa shape index (κ3) is 5.87. The minimum atomic E-state index is -0.272. The molecule has 0 bridgehead atoms. The van der Waals surface area contributed by atoms with Gasteiger partial charge in [0.25, 0.3) is 0 Å². The maximum absolute atomic E-state index is 12.2. The van der Waals surface area contributed by atoms with Crippen LogP contribution in [-0.4, -0.2) is 44.6 Å². The van der Waals surface area contributed by atoms with Crippen LogP contribution in [0.25, 0.3) is 11.0 Å². The van der Waals surface area contributed by atoms with Crippen molar-refractivity contribution in [1.82, 2.24) is 24.9 Å². The number of carbonyl (C=O) groups excluding carboxylic acids is 1. The molecule has 0 saturated heterocycles. The lowest BCUT2D eigenvalue weighted by Gasteiger charge is -2.13. The number of carbonyl (C=O) groups is 1. The SMILES string of the molecule is CCOC(=O)CC(c1cnc(OC)nc1)c1nc(CCCc2ccc3cccnc3n2)cs1. The number of aryl methyl sites for hydroxylation is 2. The van der Waals surface area contributed by atoms with Gasteiger partial charge in [0.1, 0.15) is 5.01 Å². The maximum Gasteiger partial charge on any atom is 0.316 e. The molecule has 0 radical (unpaired) electrons. The van der Waals surface area contributed by atoms with Crippen molar-refractivity contribution in [3.05, 3.63) is 70.2 Å². The first-order valence-corrected chi connectivity index (χ1v) is 11.7. The molecule has 8 nitrogen and oxygen atoms in total. The molecule has 9 heteroatoms. The van der Waals surface area contributed by atoms with E-state index < -0.39 is 0 Å². The van der Waals surface area contributed by atoms with Crippen LogP contribution in [0.1, 0.15) is 47.6 Å². The maximum atomic E-state index is 12.2. The van der Waals surface area contributed by atoms with Gasteiger partial charge in [0.15, 0.2) is 5.65 Å². The summed E-state index contributed by atoms with van der Waals surface area (Å²) < 4.78 is 10.2. The van der Waals surface area contributed by atoms with Crippen molar-refractivity contribution in [2.75, 3.05) is 13.7 Å². The Bertz CT molecular complexity index is 1210. The van der Waals surface area contributed by atoms with Crippen LogP contribution >= 0.6 is 11.3 Å². The number of hydrogen-bond acceptors (Lipinski definition) is 9. The summed E-state index contributed by atoms with van der Waals surface area (Å²) in [6.07, 6.45) is 7.89. The third-order valence-corrected chi connectivity index (χ3v) is 6.17. The number of fused-ring (bicyclic) bond motifs is 1. The van der Waals surface area contributed by atoms with Crippen molar-refractivity contribution >= 4 is 28.3 Å². The highest BCUT2D eigenvalue weighted by Gasteiger charge is 2.23. The Kier molecular flexibility index (Phi) is 7.51. The number of pyridine rings is 2. The van der Waals surface area contributed by atoms with Crippen LogP contribution in [0.4, 0.5) is 0 Å². The lowest BCUT2D eigenvalue weighted by Crippen LogP contribution is -2.12. The van der Waals surface area contributed by atoms with E-state index in [0.29, 0.717) is 6.61 Å². The summed E-state index contributed by atoms with van der Waals surface area (Å²) in [7, 11) is 1.52. The van der Waals surface area contributed by atoms with E-state index in [-0.39, 0.29) is 24.3 Å². The Morgan fingerprint density at radius 1 is 1.06 bits per heavy atom. The second-order valence-electron chi connectivity index (χ2n) is 7.45. The zero-order chi connectivity index (χ0) is 23.0. The van der Waals surface area contributed by atoms with Crippen molar-refractivity contribution in [3.8, 4) is 6.01 Å². The average Bonchev–Trinajstić information content (AvgIpc) is 3.31. The van der Waals surface area contributed by atoms with Crippen molar-refractivity contribution < 1.29 is 14.3 Å². The summed E-state index contributed by atoms with van der Waals surface area (Å²) in [5, 5.41) is 3.94. The third-order valence-electron chi connectivity index (χ3n) is 5.16. The van der Waals surface area contributed by atoms with Crippen LogP contribution in [0.15, 0.2) is 48.2 Å². The van der Waals surface area contributed by atoms with Gasteiger partial charge in [0, 0.05) is 41.0 Å². The number of methoxy groups -OCH3 is 1. The summed E-state index contributed by atoms with van der Waals surface area (Å²) in [5.74, 6) is -0.534. The van der Waals surface area contributed by atoms with Gasteiger partial charge in [0.2, 0.25) is 0 Å². The zero-order valence-electron chi connectivity index (χ0n) is 18.6. The molecule has 4 heterocycles. The number of nitrogens with zero attached hydrogens (tertiary/aromatic N) is 5. The van der Waals surface area contributed by atoms with Crippen LogP contribution in [-0.2, 0) is 22.4 Å². The quantitative estimate of drug-likeness (QED) is 0.324. The van der Waals surface area contributed by atoms with E-state index >= 15 is 0 Å². The van der Waals surface area contributed by atoms with Gasteiger partial charge >= 0.3 is 12.0 Å². The number of hydrogen-bond donors (Lipinski definition) is 0. The lowest BCUT2D eigenvalue weighted by molar-refractivity contribution is -0.143. The second kappa shape index (κ2) is 10.9. The van der Waals surface area contributed by atoms with E-state index in [2.05, 4.69) is 32.1 Å². The summed E-state index contributed by atoms with van der Waals surface area (Å²) >= 11 is 1.54. The molecule has 4 aromatic rings. The normalized spacial score (nSPS) is 11.9. The standard InChI is InChI=1S/C24H25N5O3S/c1-3-32-21(30)12-20(17-13-26-24(31-2)27-14-17)23-29-19(15-33-23)8-4-7-18-10-9-16-6-5-11-25-22(16)28-18/h5-6,9-11,13-15,20H,3-4,7-8,12H2,1-2H3. The van der Waals surface area contributed by atoms with E-state index in [4.69, 9.17) is 14.5 Å². The van der Waals surface area contributed by atoms with Crippen LogP contribution in [0.3, 0.4) is 0 Å². The molecule has 170 valence electrons. The molecule has 0 aliphatic heterocycles. The van der Waals surface area contributed by atoms with Crippen LogP contribution in [0.5, 0.6) is 6.01 Å². The van der Waals surface area contributed by atoms with Gasteiger partial charge in [0.05, 0.1) is 25.8 Å². The average molecular weight is 464 g/mol. The number of ether oxygens (including phenoxy) is 2. The van der Waals surface area contributed by atoms with Gasteiger partial charge in [-0.3, -0.25) is 4.79 Å². The molecular formula is C24H25N5O3S. The van der Waals surface area contributed by atoms with E-state index in [9.17, 15) is 4.79 Å². The predicted molar refractivity (Wildman–Crippen MR) is 125 cm³/mol. The second-order valence-corrected chi connectivity index (χ2v) is 8.34. The highest BCUT2D eigenvalue weighted by atomic mass is 32.1. The van der Waals surface area contributed by atoms with Gasteiger partial charge in [-0.15, -0.1) is 11.3 Å². The molecule has 0 N–H and O–H groups in total. The Hall–Kier alpha value is -3.46. The lowest BCUT2D eigenvalue weighted by atomic mass is 9.99. The highest BCUT2D eigenvalue weighted by Crippen LogP contribution is 2.31. The van der Waals surface area contributed by atoms with Crippen LogP contribution < -0.4 is 4.74 Å². The number of esters is 1. The minimum Gasteiger partial charge on any atom is -0.467 e. The largest absolute Gasteiger partial charge is 0.467 e. The van der Waals surface area contributed by atoms with E-state index in [1.807, 2.05) is 17.5 Å². The summed E-state index contributed by atoms with van der Waals surface area (Å²) in [5.41, 5.74) is 3.59. The van der Waals surface area contributed by atoms with Gasteiger partial charge in [-0.2, -0.15) is 0 Å². The molecule has 0 aromatic carbocycles. The molecule has 0 saturated carbocycles. The smallest absolute Gasteiger partial charge is 0.316 e. The molecule has 0 aliphatic carbocycles. The monoisotopic (exact) mass is 463 g/mol. The molecule has 0 spiro atoms. The molecule has 0 amide bonds. The molecule has 33 heavy (non-hydrogen) atoms. The molecule has 0 fully saturated rings.